The second-order valence-electron chi connectivity index (χ2n) is 6.49. The normalized spacial score (nSPS) is 14.6. The van der Waals surface area contributed by atoms with Gasteiger partial charge >= 0.3 is 11.9 Å². The Labute approximate surface area is 171 Å². The average Bonchev–Trinajstić information content (AvgIpc) is 3.33. The number of para-hydroxylation sites is 2. The van der Waals surface area contributed by atoms with Crippen molar-refractivity contribution in [2.24, 2.45) is 0 Å². The highest BCUT2D eigenvalue weighted by molar-refractivity contribution is 5.97. The highest BCUT2D eigenvalue weighted by atomic mass is 16.6. The number of aliphatic hydroxyl groups is 1. The van der Waals surface area contributed by atoms with Gasteiger partial charge in [0.2, 0.25) is 6.23 Å². The SMILES string of the molecule is CO.O=C(O)c1ccccc1-c1nc2ccccc2n1[C@H]1OC(=O)c2ccccc21. The average molecular weight is 402 g/mol. The number of esters is 1. The molecule has 30 heavy (non-hydrogen) atoms. The first-order valence-corrected chi connectivity index (χ1v) is 9.19. The summed E-state index contributed by atoms with van der Waals surface area (Å²) >= 11 is 0. The van der Waals surface area contributed by atoms with E-state index in [1.54, 1.807) is 34.9 Å². The van der Waals surface area contributed by atoms with Crippen LogP contribution in [0.5, 0.6) is 0 Å². The maximum absolute atomic E-state index is 12.4. The van der Waals surface area contributed by atoms with E-state index >= 15 is 0 Å². The molecule has 3 aromatic carbocycles. The van der Waals surface area contributed by atoms with Crippen molar-refractivity contribution >= 4 is 23.0 Å². The van der Waals surface area contributed by atoms with Crippen molar-refractivity contribution in [3.63, 3.8) is 0 Å². The molecule has 7 nitrogen and oxygen atoms in total. The van der Waals surface area contributed by atoms with Crippen molar-refractivity contribution in [1.82, 2.24) is 9.55 Å². The molecular formula is C23H18N2O5. The van der Waals surface area contributed by atoms with Gasteiger partial charge in [0.1, 0.15) is 5.82 Å². The van der Waals surface area contributed by atoms with Crippen LogP contribution in [0.1, 0.15) is 32.5 Å². The van der Waals surface area contributed by atoms with Gasteiger partial charge in [-0.15, -0.1) is 0 Å². The Kier molecular flexibility index (Phi) is 5.04. The molecule has 5 rings (SSSR count). The molecule has 7 heteroatoms. The Balaban J connectivity index is 0.00000106. The third-order valence-electron chi connectivity index (χ3n) is 4.89. The number of carboxylic acid groups (broad SMARTS) is 1. The minimum atomic E-state index is -1.04. The summed E-state index contributed by atoms with van der Waals surface area (Å²) in [5.41, 5.74) is 3.28. The molecule has 0 saturated carbocycles. The monoisotopic (exact) mass is 402 g/mol. The topological polar surface area (TPSA) is 102 Å². The Bertz CT molecular complexity index is 1260. The number of aliphatic hydroxyl groups excluding tert-OH is 1. The van der Waals surface area contributed by atoms with Crippen LogP contribution >= 0.6 is 0 Å². The van der Waals surface area contributed by atoms with E-state index in [1.165, 1.54) is 6.07 Å². The van der Waals surface area contributed by atoms with Gasteiger partial charge in [-0.1, -0.05) is 48.5 Å². The number of rotatable bonds is 3. The first-order valence-electron chi connectivity index (χ1n) is 9.19. The van der Waals surface area contributed by atoms with E-state index < -0.39 is 18.2 Å². The van der Waals surface area contributed by atoms with Crippen LogP contribution in [0.15, 0.2) is 72.8 Å². The van der Waals surface area contributed by atoms with Gasteiger partial charge in [0.15, 0.2) is 0 Å². The van der Waals surface area contributed by atoms with Gasteiger partial charge in [-0.25, -0.2) is 14.6 Å². The number of aromatic carboxylic acids is 1. The minimum absolute atomic E-state index is 0.136. The molecule has 0 amide bonds. The Morgan fingerprint density at radius 1 is 0.933 bits per heavy atom. The number of carbonyl (C=O) groups is 2. The second-order valence-corrected chi connectivity index (χ2v) is 6.49. The van der Waals surface area contributed by atoms with Crippen molar-refractivity contribution in [3.05, 3.63) is 89.5 Å². The van der Waals surface area contributed by atoms with Crippen LogP contribution in [0.25, 0.3) is 22.4 Å². The third-order valence-corrected chi connectivity index (χ3v) is 4.89. The number of imidazole rings is 1. The first-order chi connectivity index (χ1) is 14.6. The summed E-state index contributed by atoms with van der Waals surface area (Å²) in [5, 5.41) is 16.6. The molecule has 2 N–H and O–H groups in total. The van der Waals surface area contributed by atoms with E-state index in [4.69, 9.17) is 9.84 Å². The van der Waals surface area contributed by atoms with E-state index in [1.807, 2.05) is 36.4 Å². The number of hydrogen-bond donors (Lipinski definition) is 2. The molecule has 1 aliphatic rings. The van der Waals surface area contributed by atoms with E-state index in [9.17, 15) is 14.7 Å². The quantitative estimate of drug-likeness (QED) is 0.507. The Morgan fingerprint density at radius 3 is 2.33 bits per heavy atom. The fourth-order valence-corrected chi connectivity index (χ4v) is 3.65. The molecule has 4 aromatic rings. The summed E-state index contributed by atoms with van der Waals surface area (Å²) in [4.78, 5) is 28.8. The number of carboxylic acids is 1. The fraction of sp³-hybridized carbons (Fsp3) is 0.0870. The molecule has 0 unspecified atom stereocenters. The lowest BCUT2D eigenvalue weighted by molar-refractivity contribution is 0.0334. The summed E-state index contributed by atoms with van der Waals surface area (Å²) in [6, 6.07) is 21.3. The number of benzene rings is 3. The predicted octanol–water partition coefficient (Wildman–Crippen LogP) is 3.73. The molecule has 0 fully saturated rings. The van der Waals surface area contributed by atoms with E-state index in [0.717, 1.165) is 18.2 Å². The molecular weight excluding hydrogens is 384 g/mol. The molecule has 150 valence electrons. The van der Waals surface area contributed by atoms with Crippen molar-refractivity contribution in [2.75, 3.05) is 7.11 Å². The van der Waals surface area contributed by atoms with Gasteiger partial charge < -0.3 is 14.9 Å². The number of carbonyl (C=O) groups excluding carboxylic acids is 1. The highest BCUT2D eigenvalue weighted by Crippen LogP contribution is 2.38. The summed E-state index contributed by atoms with van der Waals surface area (Å²) in [5.74, 6) is -1.01. The lowest BCUT2D eigenvalue weighted by Gasteiger charge is -2.17. The summed E-state index contributed by atoms with van der Waals surface area (Å²) in [6.45, 7) is 0. The zero-order chi connectivity index (χ0) is 21.3. The van der Waals surface area contributed by atoms with Crippen molar-refractivity contribution in [2.45, 2.75) is 6.23 Å². The molecule has 0 radical (unpaired) electrons. The van der Waals surface area contributed by atoms with Gasteiger partial charge in [-0.3, -0.25) is 4.57 Å². The Hall–Kier alpha value is -3.97. The number of fused-ring (bicyclic) bond motifs is 2. The van der Waals surface area contributed by atoms with Crippen molar-refractivity contribution in [3.8, 4) is 11.4 Å². The summed E-state index contributed by atoms with van der Waals surface area (Å²) < 4.78 is 7.48. The maximum Gasteiger partial charge on any atom is 0.340 e. The number of nitrogens with zero attached hydrogens (tertiary/aromatic N) is 2. The number of cyclic esters (lactones) is 1. The van der Waals surface area contributed by atoms with Gasteiger partial charge in [0, 0.05) is 18.2 Å². The standard InChI is InChI=1S/C22H14N2O4.CH4O/c25-21(26)15-9-3-1-7-13(15)19-23-17-11-5-6-12-18(17)24(19)20-14-8-2-4-10-16(14)22(27)28-20;1-2/h1-12,20H,(H,25,26);2H,1H3/t20-;/m0./s1. The van der Waals surface area contributed by atoms with Crippen molar-refractivity contribution < 1.29 is 24.5 Å². The van der Waals surface area contributed by atoms with Gasteiger partial charge in [-0.05, 0) is 24.3 Å². The molecule has 1 atom stereocenters. The van der Waals surface area contributed by atoms with Crippen LogP contribution in [0, 0.1) is 0 Å². The number of hydrogen-bond acceptors (Lipinski definition) is 5. The summed E-state index contributed by atoms with van der Waals surface area (Å²) in [7, 11) is 1.00. The van der Waals surface area contributed by atoms with Crippen LogP contribution in [-0.2, 0) is 4.74 Å². The van der Waals surface area contributed by atoms with Crippen LogP contribution in [0.3, 0.4) is 0 Å². The zero-order valence-electron chi connectivity index (χ0n) is 16.0. The minimum Gasteiger partial charge on any atom is -0.478 e. The first kappa shape index (κ1) is 19.4. The largest absolute Gasteiger partial charge is 0.478 e. The lowest BCUT2D eigenvalue weighted by Crippen LogP contribution is -2.13. The third kappa shape index (κ3) is 3.01. The van der Waals surface area contributed by atoms with Crippen LogP contribution in [-0.4, -0.2) is 38.8 Å². The molecule has 1 aromatic heterocycles. The van der Waals surface area contributed by atoms with E-state index in [0.29, 0.717) is 22.5 Å². The molecule has 0 saturated heterocycles. The fourth-order valence-electron chi connectivity index (χ4n) is 3.65. The number of aromatic nitrogens is 2. The highest BCUT2D eigenvalue weighted by Gasteiger charge is 2.35. The van der Waals surface area contributed by atoms with Gasteiger partial charge in [0.05, 0.1) is 22.2 Å². The van der Waals surface area contributed by atoms with E-state index in [-0.39, 0.29) is 5.56 Å². The van der Waals surface area contributed by atoms with Crippen LogP contribution in [0.4, 0.5) is 0 Å². The second kappa shape index (κ2) is 7.81. The number of ether oxygens (including phenoxy) is 1. The summed E-state index contributed by atoms with van der Waals surface area (Å²) in [6.07, 6.45) is -0.715. The van der Waals surface area contributed by atoms with Crippen molar-refractivity contribution in [1.29, 1.82) is 0 Å². The van der Waals surface area contributed by atoms with Gasteiger partial charge in [-0.2, -0.15) is 0 Å². The molecule has 0 spiro atoms. The molecule has 0 aliphatic carbocycles. The predicted molar refractivity (Wildman–Crippen MR) is 110 cm³/mol. The lowest BCUT2D eigenvalue weighted by atomic mass is 10.1. The molecule has 1 aliphatic heterocycles. The van der Waals surface area contributed by atoms with Crippen LogP contribution < -0.4 is 0 Å². The molecule has 0 bridgehead atoms. The molecule has 2 heterocycles. The zero-order valence-corrected chi connectivity index (χ0v) is 16.0. The van der Waals surface area contributed by atoms with Crippen LogP contribution in [0.2, 0.25) is 0 Å². The maximum atomic E-state index is 12.4. The van der Waals surface area contributed by atoms with Gasteiger partial charge in [0.25, 0.3) is 0 Å². The Morgan fingerprint density at radius 2 is 1.57 bits per heavy atom. The smallest absolute Gasteiger partial charge is 0.340 e. The van der Waals surface area contributed by atoms with E-state index in [2.05, 4.69) is 4.98 Å².